The standard InChI is InChI=1S/C12H20O4/c1-5-6-7(2)10(13)8(3)11(14)9(4)12(15)16/h5,7-10,13H,1,6H2,2-4H3,(H,15,16)/t7-,8+,9+,10-/m0/s1. The van der Waals surface area contributed by atoms with Gasteiger partial charge >= 0.3 is 5.97 Å². The molecular weight excluding hydrogens is 208 g/mol. The lowest BCUT2D eigenvalue weighted by atomic mass is 9.84. The van der Waals surface area contributed by atoms with E-state index in [0.717, 1.165) is 0 Å². The second kappa shape index (κ2) is 6.43. The summed E-state index contributed by atoms with van der Waals surface area (Å²) in [5, 5.41) is 18.6. The summed E-state index contributed by atoms with van der Waals surface area (Å²) in [6.07, 6.45) is 1.44. The van der Waals surface area contributed by atoms with E-state index in [-0.39, 0.29) is 5.92 Å². The number of Topliss-reactive ketones (excluding diaryl/α,β-unsaturated/α-hetero) is 1. The summed E-state index contributed by atoms with van der Waals surface area (Å²) >= 11 is 0. The van der Waals surface area contributed by atoms with Gasteiger partial charge in [-0.2, -0.15) is 0 Å². The van der Waals surface area contributed by atoms with Crippen LogP contribution in [0.5, 0.6) is 0 Å². The molecule has 0 amide bonds. The molecule has 0 aromatic carbocycles. The van der Waals surface area contributed by atoms with Gasteiger partial charge in [0.2, 0.25) is 0 Å². The molecule has 0 aliphatic heterocycles. The molecule has 0 aliphatic carbocycles. The highest BCUT2D eigenvalue weighted by molar-refractivity contribution is 5.99. The highest BCUT2D eigenvalue weighted by atomic mass is 16.4. The van der Waals surface area contributed by atoms with Gasteiger partial charge in [0.25, 0.3) is 0 Å². The van der Waals surface area contributed by atoms with Crippen LogP contribution in [0.3, 0.4) is 0 Å². The Morgan fingerprint density at radius 3 is 2.19 bits per heavy atom. The van der Waals surface area contributed by atoms with Gasteiger partial charge in [-0.05, 0) is 19.3 Å². The molecule has 0 saturated carbocycles. The third kappa shape index (κ3) is 3.77. The van der Waals surface area contributed by atoms with E-state index in [2.05, 4.69) is 6.58 Å². The summed E-state index contributed by atoms with van der Waals surface area (Å²) in [5.41, 5.74) is 0. The Balaban J connectivity index is 4.53. The van der Waals surface area contributed by atoms with E-state index in [9.17, 15) is 14.7 Å². The number of carboxylic acid groups (broad SMARTS) is 1. The predicted molar refractivity (Wildman–Crippen MR) is 61.0 cm³/mol. The average Bonchev–Trinajstić information content (AvgIpc) is 2.25. The van der Waals surface area contributed by atoms with E-state index < -0.39 is 29.7 Å². The Morgan fingerprint density at radius 2 is 1.81 bits per heavy atom. The lowest BCUT2D eigenvalue weighted by molar-refractivity contribution is -0.148. The first kappa shape index (κ1) is 14.8. The molecule has 16 heavy (non-hydrogen) atoms. The van der Waals surface area contributed by atoms with Crippen molar-refractivity contribution in [1.29, 1.82) is 0 Å². The zero-order valence-corrected chi connectivity index (χ0v) is 10.0. The van der Waals surface area contributed by atoms with Crippen LogP contribution in [0.1, 0.15) is 27.2 Å². The van der Waals surface area contributed by atoms with Gasteiger partial charge < -0.3 is 10.2 Å². The maximum Gasteiger partial charge on any atom is 0.313 e. The molecule has 4 atom stereocenters. The van der Waals surface area contributed by atoms with Crippen LogP contribution in [0.25, 0.3) is 0 Å². The fourth-order valence-corrected chi connectivity index (χ4v) is 1.58. The van der Waals surface area contributed by atoms with Crippen molar-refractivity contribution < 1.29 is 19.8 Å². The summed E-state index contributed by atoms with van der Waals surface area (Å²) in [7, 11) is 0. The van der Waals surface area contributed by atoms with Gasteiger partial charge in [0.15, 0.2) is 5.78 Å². The van der Waals surface area contributed by atoms with Crippen LogP contribution in [0.15, 0.2) is 12.7 Å². The number of aliphatic carboxylic acids is 1. The van der Waals surface area contributed by atoms with Crippen molar-refractivity contribution in [3.63, 3.8) is 0 Å². The van der Waals surface area contributed by atoms with E-state index >= 15 is 0 Å². The first-order valence-corrected chi connectivity index (χ1v) is 5.38. The maximum absolute atomic E-state index is 11.7. The molecule has 4 heteroatoms. The van der Waals surface area contributed by atoms with Gasteiger partial charge in [0.1, 0.15) is 5.92 Å². The van der Waals surface area contributed by atoms with E-state index in [1.54, 1.807) is 13.0 Å². The maximum atomic E-state index is 11.7. The Morgan fingerprint density at radius 1 is 1.31 bits per heavy atom. The minimum absolute atomic E-state index is 0.0996. The summed E-state index contributed by atoms with van der Waals surface area (Å²) in [4.78, 5) is 22.3. The molecule has 0 aliphatic rings. The van der Waals surface area contributed by atoms with Gasteiger partial charge in [0, 0.05) is 5.92 Å². The molecule has 0 unspecified atom stereocenters. The van der Waals surface area contributed by atoms with E-state index in [1.165, 1.54) is 6.92 Å². The monoisotopic (exact) mass is 228 g/mol. The Bertz CT molecular complexity index is 272. The first-order valence-electron chi connectivity index (χ1n) is 5.38. The molecule has 0 aromatic rings. The summed E-state index contributed by atoms with van der Waals surface area (Å²) < 4.78 is 0. The number of hydrogen-bond donors (Lipinski definition) is 2. The van der Waals surface area contributed by atoms with Crippen molar-refractivity contribution in [3.05, 3.63) is 12.7 Å². The van der Waals surface area contributed by atoms with Crippen molar-refractivity contribution in [2.75, 3.05) is 0 Å². The highest BCUT2D eigenvalue weighted by Gasteiger charge is 2.32. The van der Waals surface area contributed by atoms with Gasteiger partial charge in [-0.3, -0.25) is 9.59 Å². The van der Waals surface area contributed by atoms with Crippen LogP contribution in [0, 0.1) is 17.8 Å². The number of rotatable bonds is 7. The Hall–Kier alpha value is -1.16. The highest BCUT2D eigenvalue weighted by Crippen LogP contribution is 2.20. The summed E-state index contributed by atoms with van der Waals surface area (Å²) in [6, 6.07) is 0. The molecule has 0 heterocycles. The van der Waals surface area contributed by atoms with Crippen molar-refractivity contribution in [2.24, 2.45) is 17.8 Å². The Labute approximate surface area is 96.0 Å². The number of ketones is 1. The van der Waals surface area contributed by atoms with Gasteiger partial charge in [-0.25, -0.2) is 0 Å². The van der Waals surface area contributed by atoms with Crippen LogP contribution in [0.2, 0.25) is 0 Å². The molecule has 0 bridgehead atoms. The van der Waals surface area contributed by atoms with Crippen LogP contribution >= 0.6 is 0 Å². The second-order valence-electron chi connectivity index (χ2n) is 4.24. The number of aliphatic hydroxyl groups excluding tert-OH is 1. The van der Waals surface area contributed by atoms with Crippen LogP contribution < -0.4 is 0 Å². The largest absolute Gasteiger partial charge is 0.481 e. The minimum atomic E-state index is -1.15. The number of allylic oxidation sites excluding steroid dienone is 1. The van der Waals surface area contributed by atoms with Gasteiger partial charge in [0.05, 0.1) is 6.10 Å². The van der Waals surface area contributed by atoms with Crippen molar-refractivity contribution in [1.82, 2.24) is 0 Å². The lowest BCUT2D eigenvalue weighted by Crippen LogP contribution is -2.36. The fraction of sp³-hybridized carbons (Fsp3) is 0.667. The van der Waals surface area contributed by atoms with Crippen LogP contribution in [0.4, 0.5) is 0 Å². The zero-order chi connectivity index (χ0) is 12.9. The number of carboxylic acids is 1. The number of aliphatic hydroxyl groups is 1. The molecule has 0 fully saturated rings. The molecular formula is C12H20O4. The van der Waals surface area contributed by atoms with Crippen molar-refractivity contribution in [2.45, 2.75) is 33.3 Å². The molecule has 0 aromatic heterocycles. The SMILES string of the molecule is C=CC[C@H](C)[C@H](O)[C@@H](C)C(=O)[C@@H](C)C(=O)O. The summed E-state index contributed by atoms with van der Waals surface area (Å²) in [5.74, 6) is -3.42. The number of carbonyl (C=O) groups excluding carboxylic acids is 1. The van der Waals surface area contributed by atoms with E-state index in [0.29, 0.717) is 6.42 Å². The smallest absolute Gasteiger partial charge is 0.313 e. The third-order valence-corrected chi connectivity index (χ3v) is 2.88. The van der Waals surface area contributed by atoms with Crippen LogP contribution in [-0.2, 0) is 9.59 Å². The van der Waals surface area contributed by atoms with E-state index in [4.69, 9.17) is 5.11 Å². The van der Waals surface area contributed by atoms with Crippen molar-refractivity contribution >= 4 is 11.8 Å². The molecule has 2 N–H and O–H groups in total. The predicted octanol–water partition coefficient (Wildman–Crippen LogP) is 1.49. The fourth-order valence-electron chi connectivity index (χ4n) is 1.58. The second-order valence-corrected chi connectivity index (χ2v) is 4.24. The normalized spacial score (nSPS) is 18.2. The zero-order valence-electron chi connectivity index (χ0n) is 10.0. The quantitative estimate of drug-likeness (QED) is 0.511. The first-order chi connectivity index (χ1) is 7.32. The molecule has 0 saturated heterocycles. The summed E-state index contributed by atoms with van der Waals surface area (Å²) in [6.45, 7) is 8.27. The van der Waals surface area contributed by atoms with Crippen LogP contribution in [-0.4, -0.2) is 28.1 Å². The van der Waals surface area contributed by atoms with E-state index in [1.807, 2.05) is 6.92 Å². The molecule has 92 valence electrons. The molecule has 4 nitrogen and oxygen atoms in total. The van der Waals surface area contributed by atoms with Crippen molar-refractivity contribution in [3.8, 4) is 0 Å². The molecule has 0 radical (unpaired) electrons. The Kier molecular flexibility index (Phi) is 5.96. The lowest BCUT2D eigenvalue weighted by Gasteiger charge is -2.24. The molecule has 0 spiro atoms. The number of carbonyl (C=O) groups is 2. The third-order valence-electron chi connectivity index (χ3n) is 2.88. The number of hydrogen-bond acceptors (Lipinski definition) is 3. The topological polar surface area (TPSA) is 74.6 Å². The average molecular weight is 228 g/mol. The molecule has 0 rings (SSSR count). The van der Waals surface area contributed by atoms with Gasteiger partial charge in [-0.1, -0.05) is 19.9 Å². The minimum Gasteiger partial charge on any atom is -0.481 e. The van der Waals surface area contributed by atoms with Gasteiger partial charge in [-0.15, -0.1) is 6.58 Å².